The van der Waals surface area contributed by atoms with Crippen molar-refractivity contribution in [2.75, 3.05) is 18.0 Å². The molecule has 0 bridgehead atoms. The number of aliphatic hydroxyl groups excluding tert-OH is 1. The van der Waals surface area contributed by atoms with Crippen LogP contribution in [0.5, 0.6) is 0 Å². The predicted molar refractivity (Wildman–Crippen MR) is 83.6 cm³/mol. The van der Waals surface area contributed by atoms with Crippen molar-refractivity contribution in [1.29, 1.82) is 0 Å². The topological polar surface area (TPSA) is 88.2 Å². The molecule has 0 aliphatic carbocycles. The molecule has 0 aromatic carbocycles. The molecule has 4 rings (SSSR count). The van der Waals surface area contributed by atoms with E-state index in [1.165, 1.54) is 0 Å². The Morgan fingerprint density at radius 1 is 1.17 bits per heavy atom. The molecule has 3 aromatic rings. The number of nitrogens with zero attached hydrogens (tertiary/aromatic N) is 5. The summed E-state index contributed by atoms with van der Waals surface area (Å²) in [6.07, 6.45) is 5.52. The molecule has 1 unspecified atom stereocenters. The summed E-state index contributed by atoms with van der Waals surface area (Å²) < 4.78 is 5.42. The van der Waals surface area contributed by atoms with Crippen LogP contribution in [0.15, 0.2) is 47.4 Å². The molecule has 0 spiro atoms. The van der Waals surface area contributed by atoms with Gasteiger partial charge in [0.15, 0.2) is 0 Å². The maximum absolute atomic E-state index is 9.75. The fraction of sp³-hybridized carbons (Fsp3) is 0.250. The molecule has 23 heavy (non-hydrogen) atoms. The van der Waals surface area contributed by atoms with Crippen molar-refractivity contribution in [3.63, 3.8) is 0 Å². The molecule has 0 amide bonds. The highest BCUT2D eigenvalue weighted by molar-refractivity contribution is 5.71. The van der Waals surface area contributed by atoms with Crippen LogP contribution in [-0.4, -0.2) is 44.4 Å². The van der Waals surface area contributed by atoms with E-state index >= 15 is 0 Å². The number of β-amino-alcohol motifs (C(OH)–C–C–N with tert-alkyl or cyclic N) is 1. The summed E-state index contributed by atoms with van der Waals surface area (Å²) in [4.78, 5) is 14.9. The first-order valence-electron chi connectivity index (χ1n) is 7.44. The van der Waals surface area contributed by atoms with Crippen LogP contribution in [0.25, 0.3) is 22.8 Å². The van der Waals surface area contributed by atoms with Crippen LogP contribution >= 0.6 is 0 Å². The van der Waals surface area contributed by atoms with Gasteiger partial charge in [-0.25, -0.2) is 4.98 Å². The summed E-state index contributed by atoms with van der Waals surface area (Å²) in [5, 5.41) is 13.8. The lowest BCUT2D eigenvalue weighted by Gasteiger charge is -2.18. The molecule has 1 saturated heterocycles. The van der Waals surface area contributed by atoms with Crippen molar-refractivity contribution in [3.8, 4) is 22.8 Å². The second-order valence-electron chi connectivity index (χ2n) is 5.42. The zero-order chi connectivity index (χ0) is 15.6. The molecule has 0 radical (unpaired) electrons. The van der Waals surface area contributed by atoms with Gasteiger partial charge in [-0.1, -0.05) is 5.16 Å². The SMILES string of the molecule is OC1CCN(c2ncccc2-c2nc(-c3ccncc3)no2)C1. The lowest BCUT2D eigenvalue weighted by atomic mass is 10.2. The maximum Gasteiger partial charge on any atom is 0.261 e. The van der Waals surface area contributed by atoms with Crippen LogP contribution in [0.2, 0.25) is 0 Å². The minimum absolute atomic E-state index is 0.320. The van der Waals surface area contributed by atoms with Gasteiger partial charge >= 0.3 is 0 Å². The molecule has 1 atom stereocenters. The van der Waals surface area contributed by atoms with E-state index in [9.17, 15) is 5.11 Å². The highest BCUT2D eigenvalue weighted by Gasteiger charge is 2.25. The molecular formula is C16H15N5O2. The van der Waals surface area contributed by atoms with Gasteiger partial charge in [0.05, 0.1) is 11.7 Å². The number of hydrogen-bond acceptors (Lipinski definition) is 7. The van der Waals surface area contributed by atoms with Crippen molar-refractivity contribution in [3.05, 3.63) is 42.9 Å². The fourth-order valence-corrected chi connectivity index (χ4v) is 2.70. The van der Waals surface area contributed by atoms with Gasteiger partial charge in [0.25, 0.3) is 5.89 Å². The largest absolute Gasteiger partial charge is 0.391 e. The average Bonchev–Trinajstić information content (AvgIpc) is 3.25. The Hall–Kier alpha value is -2.80. The van der Waals surface area contributed by atoms with Gasteiger partial charge < -0.3 is 14.5 Å². The Morgan fingerprint density at radius 2 is 2.04 bits per heavy atom. The van der Waals surface area contributed by atoms with Gasteiger partial charge in [-0.3, -0.25) is 4.98 Å². The van der Waals surface area contributed by atoms with E-state index in [1.807, 2.05) is 29.2 Å². The summed E-state index contributed by atoms with van der Waals surface area (Å²) in [5.74, 6) is 1.69. The first-order chi connectivity index (χ1) is 11.3. The Balaban J connectivity index is 1.70. The number of aromatic nitrogens is 4. The van der Waals surface area contributed by atoms with Crippen molar-refractivity contribution in [2.24, 2.45) is 0 Å². The monoisotopic (exact) mass is 309 g/mol. The number of rotatable bonds is 3. The van der Waals surface area contributed by atoms with Crippen molar-refractivity contribution in [2.45, 2.75) is 12.5 Å². The average molecular weight is 309 g/mol. The summed E-state index contributed by atoms with van der Waals surface area (Å²) in [5.41, 5.74) is 1.62. The number of aliphatic hydroxyl groups is 1. The highest BCUT2D eigenvalue weighted by atomic mass is 16.5. The van der Waals surface area contributed by atoms with Gasteiger partial charge in [0, 0.05) is 37.2 Å². The molecule has 3 aromatic heterocycles. The van der Waals surface area contributed by atoms with Crippen LogP contribution in [-0.2, 0) is 0 Å². The second kappa shape index (κ2) is 5.77. The van der Waals surface area contributed by atoms with Crippen LogP contribution in [0, 0.1) is 0 Å². The van der Waals surface area contributed by atoms with Crippen molar-refractivity contribution in [1.82, 2.24) is 20.1 Å². The van der Waals surface area contributed by atoms with Crippen molar-refractivity contribution >= 4 is 5.82 Å². The quantitative estimate of drug-likeness (QED) is 0.788. The summed E-state index contributed by atoms with van der Waals surface area (Å²) >= 11 is 0. The van der Waals surface area contributed by atoms with E-state index in [4.69, 9.17) is 4.52 Å². The third-order valence-electron chi connectivity index (χ3n) is 3.84. The third-order valence-corrected chi connectivity index (χ3v) is 3.84. The molecule has 7 nitrogen and oxygen atoms in total. The molecule has 1 N–H and O–H groups in total. The molecule has 0 saturated carbocycles. The Bertz CT molecular complexity index is 805. The standard InChI is InChI=1S/C16H15N5O2/c22-12-5-9-21(10-12)15-13(2-1-6-18-15)16-19-14(20-23-16)11-3-7-17-8-4-11/h1-4,6-8,12,22H,5,9-10H2. The normalized spacial score (nSPS) is 17.6. The van der Waals surface area contributed by atoms with Crippen LogP contribution < -0.4 is 4.90 Å². The molecular weight excluding hydrogens is 294 g/mol. The molecule has 7 heteroatoms. The van der Waals surface area contributed by atoms with E-state index in [2.05, 4.69) is 20.1 Å². The van der Waals surface area contributed by atoms with E-state index in [1.54, 1.807) is 18.6 Å². The zero-order valence-corrected chi connectivity index (χ0v) is 12.3. The van der Waals surface area contributed by atoms with Gasteiger partial charge in [-0.05, 0) is 30.7 Å². The van der Waals surface area contributed by atoms with E-state index in [0.29, 0.717) is 18.3 Å². The van der Waals surface area contributed by atoms with Gasteiger partial charge in [0.1, 0.15) is 5.82 Å². The zero-order valence-electron chi connectivity index (χ0n) is 12.3. The summed E-state index contributed by atoms with van der Waals surface area (Å²) in [7, 11) is 0. The fourth-order valence-electron chi connectivity index (χ4n) is 2.70. The third kappa shape index (κ3) is 2.66. The predicted octanol–water partition coefficient (Wildman–Crippen LogP) is 1.76. The van der Waals surface area contributed by atoms with E-state index in [0.717, 1.165) is 29.9 Å². The van der Waals surface area contributed by atoms with Gasteiger partial charge in [-0.15, -0.1) is 0 Å². The van der Waals surface area contributed by atoms with Crippen LogP contribution in [0.1, 0.15) is 6.42 Å². The molecule has 4 heterocycles. The lowest BCUT2D eigenvalue weighted by Crippen LogP contribution is -2.22. The smallest absolute Gasteiger partial charge is 0.261 e. The number of pyridine rings is 2. The Kier molecular flexibility index (Phi) is 3.47. The molecule has 1 aliphatic heterocycles. The van der Waals surface area contributed by atoms with Gasteiger partial charge in [0.2, 0.25) is 5.82 Å². The molecule has 1 aliphatic rings. The summed E-state index contributed by atoms with van der Waals surface area (Å²) in [6.45, 7) is 1.33. The summed E-state index contributed by atoms with van der Waals surface area (Å²) in [6, 6.07) is 7.39. The van der Waals surface area contributed by atoms with Gasteiger partial charge in [-0.2, -0.15) is 4.98 Å². The Labute approximate surface area is 132 Å². The maximum atomic E-state index is 9.75. The first-order valence-corrected chi connectivity index (χ1v) is 7.44. The lowest BCUT2D eigenvalue weighted by molar-refractivity contribution is 0.198. The van der Waals surface area contributed by atoms with E-state index in [-0.39, 0.29) is 6.10 Å². The Morgan fingerprint density at radius 3 is 2.83 bits per heavy atom. The minimum atomic E-state index is -0.320. The minimum Gasteiger partial charge on any atom is -0.391 e. The number of hydrogen-bond donors (Lipinski definition) is 1. The van der Waals surface area contributed by atoms with Crippen LogP contribution in [0.4, 0.5) is 5.82 Å². The number of anilines is 1. The van der Waals surface area contributed by atoms with E-state index < -0.39 is 0 Å². The van der Waals surface area contributed by atoms with Crippen LogP contribution in [0.3, 0.4) is 0 Å². The molecule has 116 valence electrons. The second-order valence-corrected chi connectivity index (χ2v) is 5.42. The highest BCUT2D eigenvalue weighted by Crippen LogP contribution is 2.30. The molecule has 1 fully saturated rings. The van der Waals surface area contributed by atoms with Crippen molar-refractivity contribution < 1.29 is 9.63 Å². The first kappa shape index (κ1) is 13.8.